The SMILES string of the molecule is CS(=O)(=O)CC(=O)c1ccc(C(F)(F)F)c(F)c1. The van der Waals surface area contributed by atoms with Crippen LogP contribution in [0.5, 0.6) is 0 Å². The van der Waals surface area contributed by atoms with Gasteiger partial charge in [-0.15, -0.1) is 0 Å². The quantitative estimate of drug-likeness (QED) is 0.630. The van der Waals surface area contributed by atoms with E-state index in [4.69, 9.17) is 0 Å². The predicted octanol–water partition coefficient (Wildman–Crippen LogP) is 2.07. The van der Waals surface area contributed by atoms with Crippen molar-refractivity contribution in [3.8, 4) is 0 Å². The molecule has 0 unspecified atom stereocenters. The van der Waals surface area contributed by atoms with Crippen LogP contribution in [0.15, 0.2) is 18.2 Å². The average Bonchev–Trinajstić information content (AvgIpc) is 2.12. The summed E-state index contributed by atoms with van der Waals surface area (Å²) < 4.78 is 71.5. The molecule has 1 aromatic rings. The van der Waals surface area contributed by atoms with E-state index in [1.165, 1.54) is 0 Å². The Bertz CT molecular complexity index is 575. The molecule has 0 aliphatic rings. The Morgan fingerprint density at radius 3 is 2.22 bits per heavy atom. The van der Waals surface area contributed by atoms with Crippen LogP contribution in [0.3, 0.4) is 0 Å². The number of carbonyl (C=O) groups is 1. The van der Waals surface area contributed by atoms with Gasteiger partial charge in [-0.1, -0.05) is 6.07 Å². The van der Waals surface area contributed by atoms with Gasteiger partial charge in [0, 0.05) is 11.8 Å². The lowest BCUT2D eigenvalue weighted by atomic mass is 10.1. The molecule has 0 heterocycles. The van der Waals surface area contributed by atoms with Crippen LogP contribution in [0.25, 0.3) is 0 Å². The van der Waals surface area contributed by atoms with E-state index < -0.39 is 44.5 Å². The van der Waals surface area contributed by atoms with Crippen molar-refractivity contribution in [3.05, 3.63) is 35.1 Å². The van der Waals surface area contributed by atoms with Crippen molar-refractivity contribution in [1.29, 1.82) is 0 Å². The number of Topliss-reactive ketones (excluding diaryl/α,β-unsaturated/α-hetero) is 1. The smallest absolute Gasteiger partial charge is 0.293 e. The van der Waals surface area contributed by atoms with Gasteiger partial charge in [-0.2, -0.15) is 13.2 Å². The van der Waals surface area contributed by atoms with E-state index in [1.54, 1.807) is 0 Å². The monoisotopic (exact) mass is 284 g/mol. The molecule has 100 valence electrons. The number of halogens is 4. The van der Waals surface area contributed by atoms with Gasteiger partial charge in [0.25, 0.3) is 0 Å². The van der Waals surface area contributed by atoms with Gasteiger partial charge >= 0.3 is 6.18 Å². The Hall–Kier alpha value is -1.44. The van der Waals surface area contributed by atoms with Crippen LogP contribution in [-0.4, -0.2) is 26.2 Å². The van der Waals surface area contributed by atoms with Gasteiger partial charge in [-0.25, -0.2) is 12.8 Å². The molecule has 3 nitrogen and oxygen atoms in total. The number of benzene rings is 1. The topological polar surface area (TPSA) is 51.2 Å². The summed E-state index contributed by atoms with van der Waals surface area (Å²) in [6.45, 7) is 0. The first-order chi connectivity index (χ1) is 8.00. The number of carbonyl (C=O) groups excluding carboxylic acids is 1. The molecule has 1 rings (SSSR count). The molecule has 0 aliphatic carbocycles. The van der Waals surface area contributed by atoms with Crippen LogP contribution in [-0.2, 0) is 16.0 Å². The van der Waals surface area contributed by atoms with E-state index in [0.717, 1.165) is 12.3 Å². The highest BCUT2D eigenvalue weighted by Gasteiger charge is 2.34. The van der Waals surface area contributed by atoms with E-state index in [2.05, 4.69) is 0 Å². The molecular formula is C10H8F4O3S. The lowest BCUT2D eigenvalue weighted by Gasteiger charge is -2.08. The van der Waals surface area contributed by atoms with Crippen LogP contribution in [0, 0.1) is 5.82 Å². The molecule has 0 spiro atoms. The number of alkyl halides is 3. The maximum absolute atomic E-state index is 13.1. The minimum atomic E-state index is -4.86. The summed E-state index contributed by atoms with van der Waals surface area (Å²) in [7, 11) is -3.62. The first kappa shape index (κ1) is 14.6. The summed E-state index contributed by atoms with van der Waals surface area (Å²) in [6, 6.07) is 1.54. The van der Waals surface area contributed by atoms with Crippen LogP contribution >= 0.6 is 0 Å². The van der Waals surface area contributed by atoms with E-state index in [1.807, 2.05) is 0 Å². The third kappa shape index (κ3) is 3.80. The second-order valence-electron chi connectivity index (χ2n) is 3.69. The molecule has 0 radical (unpaired) electrons. The van der Waals surface area contributed by atoms with E-state index >= 15 is 0 Å². The van der Waals surface area contributed by atoms with Crippen molar-refractivity contribution >= 4 is 15.6 Å². The third-order valence-electron chi connectivity index (χ3n) is 1.99. The first-order valence-corrected chi connectivity index (χ1v) is 6.64. The number of rotatable bonds is 3. The molecule has 0 aromatic heterocycles. The van der Waals surface area contributed by atoms with Gasteiger partial charge in [0.1, 0.15) is 11.6 Å². The summed E-state index contributed by atoms with van der Waals surface area (Å²) in [5.41, 5.74) is -1.91. The Balaban J connectivity index is 3.09. The molecule has 0 atom stereocenters. The molecule has 0 saturated heterocycles. The summed E-state index contributed by atoms with van der Waals surface area (Å²) in [5, 5.41) is 0. The van der Waals surface area contributed by atoms with Gasteiger partial charge in [0.05, 0.1) is 5.56 Å². The standard InChI is InChI=1S/C10H8F4O3S/c1-18(16,17)5-9(15)6-2-3-7(8(11)4-6)10(12,13)14/h2-4H,5H2,1H3. The van der Waals surface area contributed by atoms with Gasteiger partial charge in [-0.05, 0) is 12.1 Å². The number of hydrogen-bond donors (Lipinski definition) is 0. The molecule has 0 bridgehead atoms. The fourth-order valence-electron chi connectivity index (χ4n) is 1.24. The predicted molar refractivity (Wildman–Crippen MR) is 55.4 cm³/mol. The van der Waals surface area contributed by atoms with Crippen LogP contribution in [0.2, 0.25) is 0 Å². The van der Waals surface area contributed by atoms with Gasteiger partial charge in [0.2, 0.25) is 0 Å². The van der Waals surface area contributed by atoms with Crippen LogP contribution in [0.4, 0.5) is 17.6 Å². The van der Waals surface area contributed by atoms with Crippen LogP contribution < -0.4 is 0 Å². The van der Waals surface area contributed by atoms with Crippen molar-refractivity contribution in [2.75, 3.05) is 12.0 Å². The second kappa shape index (κ2) is 4.68. The Labute approximate surface area is 100 Å². The summed E-state index contributed by atoms with van der Waals surface area (Å²) in [4.78, 5) is 11.3. The van der Waals surface area contributed by atoms with E-state index in [9.17, 15) is 30.8 Å². The highest BCUT2D eigenvalue weighted by Crippen LogP contribution is 2.31. The van der Waals surface area contributed by atoms with Crippen molar-refractivity contribution in [2.24, 2.45) is 0 Å². The van der Waals surface area contributed by atoms with Crippen molar-refractivity contribution in [1.82, 2.24) is 0 Å². The molecule has 0 N–H and O–H groups in total. The molecule has 1 aromatic carbocycles. The fourth-order valence-corrected chi connectivity index (χ4v) is 1.88. The lowest BCUT2D eigenvalue weighted by Crippen LogP contribution is -2.16. The molecule has 8 heteroatoms. The summed E-state index contributed by atoms with van der Waals surface area (Å²) in [6.07, 6.45) is -4.06. The molecule has 18 heavy (non-hydrogen) atoms. The second-order valence-corrected chi connectivity index (χ2v) is 5.83. The zero-order chi connectivity index (χ0) is 14.1. The van der Waals surface area contributed by atoms with Crippen molar-refractivity contribution in [3.63, 3.8) is 0 Å². The number of ketones is 1. The lowest BCUT2D eigenvalue weighted by molar-refractivity contribution is -0.140. The fraction of sp³-hybridized carbons (Fsp3) is 0.300. The largest absolute Gasteiger partial charge is 0.419 e. The van der Waals surface area contributed by atoms with Crippen molar-refractivity contribution in [2.45, 2.75) is 6.18 Å². The Morgan fingerprint density at radius 1 is 1.28 bits per heavy atom. The Kier molecular flexibility index (Phi) is 3.80. The van der Waals surface area contributed by atoms with Gasteiger partial charge < -0.3 is 0 Å². The maximum atomic E-state index is 13.1. The molecular weight excluding hydrogens is 276 g/mol. The average molecular weight is 284 g/mol. The number of sulfone groups is 1. The normalized spacial score (nSPS) is 12.5. The van der Waals surface area contributed by atoms with Crippen LogP contribution in [0.1, 0.15) is 15.9 Å². The zero-order valence-corrected chi connectivity index (χ0v) is 9.90. The minimum absolute atomic E-state index is 0.385. The summed E-state index contributed by atoms with van der Waals surface area (Å²) in [5.74, 6) is -3.44. The first-order valence-electron chi connectivity index (χ1n) is 4.58. The van der Waals surface area contributed by atoms with Crippen molar-refractivity contribution < 1.29 is 30.8 Å². The molecule has 0 saturated carbocycles. The third-order valence-corrected chi connectivity index (χ3v) is 2.78. The number of hydrogen-bond acceptors (Lipinski definition) is 3. The minimum Gasteiger partial charge on any atom is -0.293 e. The van der Waals surface area contributed by atoms with E-state index in [0.29, 0.717) is 12.1 Å². The highest BCUT2D eigenvalue weighted by atomic mass is 32.2. The molecule has 0 fully saturated rings. The zero-order valence-electron chi connectivity index (χ0n) is 9.08. The maximum Gasteiger partial charge on any atom is 0.419 e. The molecule has 0 aliphatic heterocycles. The highest BCUT2D eigenvalue weighted by molar-refractivity contribution is 7.91. The van der Waals surface area contributed by atoms with E-state index in [-0.39, 0.29) is 0 Å². The molecule has 0 amide bonds. The van der Waals surface area contributed by atoms with Gasteiger partial charge in [-0.3, -0.25) is 4.79 Å². The Morgan fingerprint density at radius 2 is 1.83 bits per heavy atom. The summed E-state index contributed by atoms with van der Waals surface area (Å²) >= 11 is 0. The van der Waals surface area contributed by atoms with Gasteiger partial charge in [0.15, 0.2) is 15.6 Å².